The van der Waals surface area contributed by atoms with Gasteiger partial charge in [0.15, 0.2) is 0 Å². The number of thiophene rings is 1. The topological polar surface area (TPSA) is 86.7 Å². The minimum absolute atomic E-state index is 0.0687. The van der Waals surface area contributed by atoms with Crippen molar-refractivity contribution in [2.24, 2.45) is 5.92 Å². The lowest BCUT2D eigenvalue weighted by Gasteiger charge is -2.30. The summed E-state index contributed by atoms with van der Waals surface area (Å²) in [4.78, 5) is 13.5. The Morgan fingerprint density at radius 1 is 1.43 bits per heavy atom. The summed E-state index contributed by atoms with van der Waals surface area (Å²) in [6.45, 7) is 7.29. The molecule has 23 heavy (non-hydrogen) atoms. The highest BCUT2D eigenvalue weighted by Crippen LogP contribution is 2.25. The van der Waals surface area contributed by atoms with E-state index < -0.39 is 16.0 Å². The lowest BCUT2D eigenvalue weighted by atomic mass is 9.99. The number of likely N-dealkylation sites (tertiary alicyclic amines) is 1. The second-order valence-corrected chi connectivity index (χ2v) is 9.20. The highest BCUT2D eigenvalue weighted by atomic mass is 32.2. The number of piperidine rings is 1. The smallest absolute Gasteiger partial charge is 0.346 e. The van der Waals surface area contributed by atoms with Gasteiger partial charge in [-0.25, -0.2) is 17.9 Å². The van der Waals surface area contributed by atoms with Crippen molar-refractivity contribution in [1.82, 2.24) is 9.62 Å². The Hall–Kier alpha value is -0.960. The van der Waals surface area contributed by atoms with Crippen LogP contribution >= 0.6 is 11.3 Å². The number of aryl methyl sites for hydroxylation is 1. The predicted molar refractivity (Wildman–Crippen MR) is 90.7 cm³/mol. The van der Waals surface area contributed by atoms with E-state index in [-0.39, 0.29) is 9.09 Å². The molecule has 1 aliphatic heterocycles. The second kappa shape index (κ2) is 7.74. The van der Waals surface area contributed by atoms with Crippen molar-refractivity contribution in [2.45, 2.75) is 37.3 Å². The molecule has 0 saturated carbocycles. The van der Waals surface area contributed by atoms with Crippen molar-refractivity contribution in [3.05, 3.63) is 16.5 Å². The lowest BCUT2D eigenvalue weighted by molar-refractivity contribution is 0.0701. The molecule has 1 fully saturated rings. The normalized spacial score (nSPS) is 17.5. The molecule has 0 amide bonds. The monoisotopic (exact) mass is 360 g/mol. The van der Waals surface area contributed by atoms with Crippen LogP contribution in [-0.2, 0) is 10.0 Å². The third-order valence-electron chi connectivity index (χ3n) is 4.17. The number of hydrogen-bond acceptors (Lipinski definition) is 5. The van der Waals surface area contributed by atoms with E-state index in [1.54, 1.807) is 6.92 Å². The number of rotatable bonds is 7. The highest BCUT2D eigenvalue weighted by molar-refractivity contribution is 7.91. The van der Waals surface area contributed by atoms with E-state index in [0.717, 1.165) is 43.3 Å². The average Bonchev–Trinajstić information content (AvgIpc) is 2.88. The first-order valence-corrected chi connectivity index (χ1v) is 10.2. The van der Waals surface area contributed by atoms with Crippen molar-refractivity contribution in [3.8, 4) is 0 Å². The van der Waals surface area contributed by atoms with Crippen LogP contribution in [0.15, 0.2) is 10.3 Å². The number of hydrogen-bond donors (Lipinski definition) is 2. The van der Waals surface area contributed by atoms with Gasteiger partial charge in [-0.15, -0.1) is 11.3 Å². The van der Waals surface area contributed by atoms with Crippen molar-refractivity contribution < 1.29 is 18.3 Å². The van der Waals surface area contributed by atoms with Crippen molar-refractivity contribution in [3.63, 3.8) is 0 Å². The van der Waals surface area contributed by atoms with Crippen molar-refractivity contribution in [2.75, 3.05) is 26.2 Å². The van der Waals surface area contributed by atoms with Gasteiger partial charge in [0, 0.05) is 6.54 Å². The maximum Gasteiger partial charge on any atom is 0.346 e. The highest BCUT2D eigenvalue weighted by Gasteiger charge is 2.21. The third-order valence-corrected chi connectivity index (χ3v) is 7.33. The van der Waals surface area contributed by atoms with E-state index in [2.05, 4.69) is 16.5 Å². The SMILES string of the molecule is Cc1cc(S(=O)(=O)NCCCN2CCC(C)CC2)sc1C(=O)O. The Morgan fingerprint density at radius 3 is 2.65 bits per heavy atom. The molecule has 0 radical (unpaired) electrons. The maximum atomic E-state index is 12.2. The van der Waals surface area contributed by atoms with Gasteiger partial charge in [-0.05, 0) is 63.4 Å². The molecule has 0 unspecified atom stereocenters. The number of nitrogens with zero attached hydrogens (tertiary/aromatic N) is 1. The van der Waals surface area contributed by atoms with E-state index in [0.29, 0.717) is 12.1 Å². The summed E-state index contributed by atoms with van der Waals surface area (Å²) in [6, 6.07) is 1.42. The molecule has 0 aliphatic carbocycles. The Bertz CT molecular complexity index is 646. The van der Waals surface area contributed by atoms with E-state index in [1.807, 2.05) is 0 Å². The fraction of sp³-hybridized carbons (Fsp3) is 0.667. The summed E-state index contributed by atoms with van der Waals surface area (Å²) < 4.78 is 27.0. The minimum Gasteiger partial charge on any atom is -0.477 e. The largest absolute Gasteiger partial charge is 0.477 e. The number of nitrogens with one attached hydrogen (secondary N) is 1. The molecular formula is C15H24N2O4S2. The van der Waals surface area contributed by atoms with Gasteiger partial charge in [-0.2, -0.15) is 0 Å². The lowest BCUT2D eigenvalue weighted by Crippen LogP contribution is -2.35. The number of carboxylic acids is 1. The average molecular weight is 361 g/mol. The molecule has 2 N–H and O–H groups in total. The van der Waals surface area contributed by atoms with Crippen LogP contribution in [0.5, 0.6) is 0 Å². The van der Waals surface area contributed by atoms with Gasteiger partial charge in [0.25, 0.3) is 0 Å². The number of aromatic carboxylic acids is 1. The molecule has 8 heteroatoms. The summed E-state index contributed by atoms with van der Waals surface area (Å²) >= 11 is 0.800. The molecule has 0 atom stereocenters. The van der Waals surface area contributed by atoms with Gasteiger partial charge in [-0.1, -0.05) is 6.92 Å². The summed E-state index contributed by atoms with van der Waals surface area (Å²) in [7, 11) is -3.62. The molecule has 2 heterocycles. The first kappa shape index (κ1) is 18.4. The van der Waals surface area contributed by atoms with Crippen LogP contribution in [0.4, 0.5) is 0 Å². The summed E-state index contributed by atoms with van der Waals surface area (Å²) in [5.41, 5.74) is 0.477. The van der Waals surface area contributed by atoms with Crippen LogP contribution in [0.3, 0.4) is 0 Å². The molecule has 0 bridgehead atoms. The Kier molecular flexibility index (Phi) is 6.19. The zero-order chi connectivity index (χ0) is 17.0. The van der Waals surface area contributed by atoms with Crippen LogP contribution in [0, 0.1) is 12.8 Å². The maximum absolute atomic E-state index is 12.2. The fourth-order valence-electron chi connectivity index (χ4n) is 2.66. The summed E-state index contributed by atoms with van der Waals surface area (Å²) in [5, 5.41) is 9.01. The van der Waals surface area contributed by atoms with Gasteiger partial charge in [-0.3, -0.25) is 0 Å². The second-order valence-electron chi connectivity index (χ2n) is 6.16. The van der Waals surface area contributed by atoms with Crippen LogP contribution in [0.25, 0.3) is 0 Å². The first-order valence-electron chi connectivity index (χ1n) is 7.85. The third kappa shape index (κ3) is 5.00. The molecule has 0 aromatic carbocycles. The molecule has 1 saturated heterocycles. The zero-order valence-electron chi connectivity index (χ0n) is 13.5. The quantitative estimate of drug-likeness (QED) is 0.728. The molecule has 1 aromatic heterocycles. The van der Waals surface area contributed by atoms with E-state index in [4.69, 9.17) is 5.11 Å². The molecule has 130 valence electrons. The minimum atomic E-state index is -3.62. The zero-order valence-corrected chi connectivity index (χ0v) is 15.2. The van der Waals surface area contributed by atoms with Crippen LogP contribution in [0.1, 0.15) is 41.4 Å². The summed E-state index contributed by atoms with van der Waals surface area (Å²) in [5.74, 6) is -0.302. The van der Waals surface area contributed by atoms with Gasteiger partial charge in [0.2, 0.25) is 10.0 Å². The molecule has 0 spiro atoms. The number of carbonyl (C=O) groups is 1. The van der Waals surface area contributed by atoms with Gasteiger partial charge >= 0.3 is 5.97 Å². The van der Waals surface area contributed by atoms with Gasteiger partial charge in [0.1, 0.15) is 9.09 Å². The molecule has 1 aromatic rings. The van der Waals surface area contributed by atoms with Crippen molar-refractivity contribution in [1.29, 1.82) is 0 Å². The van der Waals surface area contributed by atoms with Crippen LogP contribution < -0.4 is 4.72 Å². The van der Waals surface area contributed by atoms with Crippen LogP contribution in [-0.4, -0.2) is 50.6 Å². The van der Waals surface area contributed by atoms with Crippen LogP contribution in [0.2, 0.25) is 0 Å². The van der Waals surface area contributed by atoms with E-state index >= 15 is 0 Å². The molecular weight excluding hydrogens is 336 g/mol. The Balaban J connectivity index is 1.82. The molecule has 2 rings (SSSR count). The number of sulfonamides is 1. The Labute approximate surface area is 141 Å². The number of carboxylic acid groups (broad SMARTS) is 1. The van der Waals surface area contributed by atoms with Crippen molar-refractivity contribution >= 4 is 27.3 Å². The van der Waals surface area contributed by atoms with E-state index in [1.165, 1.54) is 18.9 Å². The molecule has 1 aliphatic rings. The van der Waals surface area contributed by atoms with Gasteiger partial charge in [0.05, 0.1) is 0 Å². The standard InChI is InChI=1S/C15H24N2O4S2/c1-11-4-8-17(9-5-11)7-3-6-16-23(20,21)13-10-12(2)14(22-13)15(18)19/h10-11,16H,3-9H2,1-2H3,(H,18,19). The predicted octanol–water partition coefficient (Wildman–Crippen LogP) is 2.16. The Morgan fingerprint density at radius 2 is 2.09 bits per heavy atom. The van der Waals surface area contributed by atoms with E-state index in [9.17, 15) is 13.2 Å². The summed E-state index contributed by atoms with van der Waals surface area (Å²) in [6.07, 6.45) is 3.17. The fourth-order valence-corrected chi connectivity index (χ4v) is 5.16. The first-order chi connectivity index (χ1) is 10.8. The van der Waals surface area contributed by atoms with Gasteiger partial charge < -0.3 is 10.0 Å². The molecule has 6 nitrogen and oxygen atoms in total.